The van der Waals surface area contributed by atoms with Crippen molar-refractivity contribution < 1.29 is 17.6 Å². The second-order valence-corrected chi connectivity index (χ2v) is 8.20. The number of alkyl halides is 2. The van der Waals surface area contributed by atoms with Crippen LogP contribution in [0, 0.1) is 11.6 Å². The summed E-state index contributed by atoms with van der Waals surface area (Å²) < 4.78 is 58.8. The van der Waals surface area contributed by atoms with E-state index < -0.39 is 29.7 Å². The van der Waals surface area contributed by atoms with Crippen LogP contribution in [0.2, 0.25) is 0 Å². The van der Waals surface area contributed by atoms with E-state index in [4.69, 9.17) is 0 Å². The van der Waals surface area contributed by atoms with Gasteiger partial charge in [-0.05, 0) is 23.3 Å². The smallest absolute Gasteiger partial charge is 0.300 e. The molecule has 3 heterocycles. The minimum absolute atomic E-state index is 0.00982. The van der Waals surface area contributed by atoms with Crippen LogP contribution in [0.15, 0.2) is 53.3 Å². The molecular formula is C23H20F4N4O. The van der Waals surface area contributed by atoms with Crippen molar-refractivity contribution in [1.29, 1.82) is 0 Å². The highest BCUT2D eigenvalue weighted by molar-refractivity contribution is 5.43. The third-order valence-electron chi connectivity index (χ3n) is 5.89. The van der Waals surface area contributed by atoms with Crippen molar-refractivity contribution in [2.45, 2.75) is 32.1 Å². The molecular weight excluding hydrogens is 424 g/mol. The molecule has 0 saturated heterocycles. The fourth-order valence-electron chi connectivity index (χ4n) is 4.51. The summed E-state index contributed by atoms with van der Waals surface area (Å²) in [7, 11) is 0. The summed E-state index contributed by atoms with van der Waals surface area (Å²) in [6.07, 6.45) is 0. The molecule has 0 fully saturated rings. The van der Waals surface area contributed by atoms with Crippen LogP contribution in [-0.4, -0.2) is 27.5 Å². The lowest BCUT2D eigenvalue weighted by Crippen LogP contribution is -2.45. The standard InChI is InChI=1S/C23H20F4N4O/c24-18-7-6-16(10-19(18)25)12-30-8-9-31-20-17(21(32)28-22(30)31)13-29(14-23(20,26)27)11-15-4-2-1-3-5-15/h1-7,10H,8-9,11-14H2. The van der Waals surface area contributed by atoms with Gasteiger partial charge in [-0.15, -0.1) is 0 Å². The topological polar surface area (TPSA) is 41.4 Å². The van der Waals surface area contributed by atoms with Gasteiger partial charge in [-0.2, -0.15) is 13.8 Å². The molecule has 2 aliphatic heterocycles. The molecule has 0 aliphatic carbocycles. The van der Waals surface area contributed by atoms with Gasteiger partial charge >= 0.3 is 5.92 Å². The maximum Gasteiger partial charge on any atom is 0.300 e. The van der Waals surface area contributed by atoms with Crippen LogP contribution in [0.25, 0.3) is 0 Å². The fraction of sp³-hybridized carbons (Fsp3) is 0.304. The van der Waals surface area contributed by atoms with Crippen molar-refractivity contribution in [1.82, 2.24) is 14.5 Å². The first-order valence-corrected chi connectivity index (χ1v) is 10.3. The van der Waals surface area contributed by atoms with E-state index in [-0.39, 0.29) is 36.8 Å². The third kappa shape index (κ3) is 3.66. The van der Waals surface area contributed by atoms with E-state index in [1.807, 2.05) is 30.3 Å². The zero-order valence-electron chi connectivity index (χ0n) is 17.1. The summed E-state index contributed by atoms with van der Waals surface area (Å²) in [6.45, 7) is 0.609. The maximum absolute atomic E-state index is 15.3. The summed E-state index contributed by atoms with van der Waals surface area (Å²) in [6, 6.07) is 12.8. The lowest BCUT2D eigenvalue weighted by atomic mass is 10.0. The summed E-state index contributed by atoms with van der Waals surface area (Å²) in [5, 5.41) is 0. The maximum atomic E-state index is 15.3. The van der Waals surface area contributed by atoms with Crippen molar-refractivity contribution in [2.75, 3.05) is 18.0 Å². The van der Waals surface area contributed by atoms with Gasteiger partial charge in [0.1, 0.15) is 5.69 Å². The van der Waals surface area contributed by atoms with E-state index in [0.717, 1.165) is 17.7 Å². The van der Waals surface area contributed by atoms with Gasteiger partial charge < -0.3 is 9.47 Å². The first-order valence-electron chi connectivity index (χ1n) is 10.3. The number of halogens is 4. The highest BCUT2D eigenvalue weighted by Gasteiger charge is 2.46. The van der Waals surface area contributed by atoms with Gasteiger partial charge in [-0.3, -0.25) is 9.69 Å². The Morgan fingerprint density at radius 3 is 2.47 bits per heavy atom. The third-order valence-corrected chi connectivity index (χ3v) is 5.89. The monoisotopic (exact) mass is 444 g/mol. The van der Waals surface area contributed by atoms with Crippen molar-refractivity contribution in [3.8, 4) is 0 Å². The Kier molecular flexibility index (Phi) is 5.00. The van der Waals surface area contributed by atoms with Crippen LogP contribution in [0.1, 0.15) is 22.4 Å². The molecule has 0 spiro atoms. The van der Waals surface area contributed by atoms with Crippen LogP contribution in [0.3, 0.4) is 0 Å². The van der Waals surface area contributed by atoms with Crippen LogP contribution >= 0.6 is 0 Å². The van der Waals surface area contributed by atoms with Gasteiger partial charge in [0, 0.05) is 32.7 Å². The number of fused-ring (bicyclic) bond motifs is 3. The molecule has 166 valence electrons. The zero-order chi connectivity index (χ0) is 22.5. The van der Waals surface area contributed by atoms with Crippen LogP contribution in [0.4, 0.5) is 23.5 Å². The Hall–Kier alpha value is -3.20. The molecule has 0 bridgehead atoms. The number of hydrogen-bond donors (Lipinski definition) is 0. The number of aromatic nitrogens is 2. The number of rotatable bonds is 4. The Labute approximate surface area is 181 Å². The van der Waals surface area contributed by atoms with Crippen LogP contribution in [-0.2, 0) is 32.1 Å². The first-order chi connectivity index (χ1) is 15.3. The number of benzene rings is 2. The average Bonchev–Trinajstić information content (AvgIpc) is 3.13. The van der Waals surface area contributed by atoms with Gasteiger partial charge in [0.05, 0.1) is 12.1 Å². The van der Waals surface area contributed by atoms with E-state index in [1.165, 1.54) is 10.6 Å². The highest BCUT2D eigenvalue weighted by atomic mass is 19.3. The van der Waals surface area contributed by atoms with E-state index >= 15 is 8.78 Å². The van der Waals surface area contributed by atoms with E-state index in [9.17, 15) is 13.6 Å². The normalized spacial score (nSPS) is 17.3. The molecule has 3 aromatic rings. The number of anilines is 1. The Bertz CT molecular complexity index is 1230. The largest absolute Gasteiger partial charge is 0.336 e. The molecule has 0 amide bonds. The Morgan fingerprint density at radius 1 is 0.938 bits per heavy atom. The van der Waals surface area contributed by atoms with Gasteiger partial charge in [-0.1, -0.05) is 36.4 Å². The molecule has 0 N–H and O–H groups in total. The molecule has 0 radical (unpaired) electrons. The van der Waals surface area contributed by atoms with Crippen molar-refractivity contribution in [2.24, 2.45) is 0 Å². The van der Waals surface area contributed by atoms with Gasteiger partial charge in [0.15, 0.2) is 11.6 Å². The van der Waals surface area contributed by atoms with Crippen molar-refractivity contribution >= 4 is 5.95 Å². The summed E-state index contributed by atoms with van der Waals surface area (Å²) in [4.78, 5) is 20.1. The number of hydrogen-bond acceptors (Lipinski definition) is 4. The molecule has 1 aromatic heterocycles. The molecule has 0 unspecified atom stereocenters. The first kappa shape index (κ1) is 20.7. The van der Waals surface area contributed by atoms with Crippen LogP contribution in [0.5, 0.6) is 0 Å². The summed E-state index contributed by atoms with van der Waals surface area (Å²) in [5.74, 6) is -5.03. The Morgan fingerprint density at radius 2 is 1.72 bits per heavy atom. The predicted molar refractivity (Wildman–Crippen MR) is 110 cm³/mol. The van der Waals surface area contributed by atoms with Gasteiger partial charge in [-0.25, -0.2) is 8.78 Å². The molecule has 5 nitrogen and oxygen atoms in total. The minimum Gasteiger partial charge on any atom is -0.336 e. The molecule has 0 atom stereocenters. The molecule has 2 aliphatic rings. The van der Waals surface area contributed by atoms with Gasteiger partial charge in [0.25, 0.3) is 5.56 Å². The van der Waals surface area contributed by atoms with Crippen LogP contribution < -0.4 is 10.5 Å². The SMILES string of the molecule is O=c1nc2n(c3c1CN(Cc1ccccc1)CC3(F)F)CCN2Cc1ccc(F)c(F)c1. The second kappa shape index (κ2) is 7.74. The lowest BCUT2D eigenvalue weighted by molar-refractivity contribution is -0.0621. The van der Waals surface area contributed by atoms with E-state index in [0.29, 0.717) is 18.7 Å². The summed E-state index contributed by atoms with van der Waals surface area (Å²) >= 11 is 0. The van der Waals surface area contributed by atoms with Crippen molar-refractivity contribution in [3.05, 3.63) is 92.9 Å². The average molecular weight is 444 g/mol. The molecule has 5 rings (SSSR count). The summed E-state index contributed by atoms with van der Waals surface area (Å²) in [5.41, 5.74) is 0.393. The zero-order valence-corrected chi connectivity index (χ0v) is 17.1. The number of nitrogens with zero attached hydrogens (tertiary/aromatic N) is 4. The highest BCUT2D eigenvalue weighted by Crippen LogP contribution is 2.38. The minimum atomic E-state index is -3.22. The molecule has 32 heavy (non-hydrogen) atoms. The lowest BCUT2D eigenvalue weighted by Gasteiger charge is -2.35. The van der Waals surface area contributed by atoms with E-state index in [1.54, 1.807) is 9.80 Å². The molecule has 2 aromatic carbocycles. The Balaban J connectivity index is 1.47. The van der Waals surface area contributed by atoms with Gasteiger partial charge in [0.2, 0.25) is 5.95 Å². The van der Waals surface area contributed by atoms with E-state index in [2.05, 4.69) is 4.98 Å². The fourth-order valence-corrected chi connectivity index (χ4v) is 4.51. The second-order valence-electron chi connectivity index (χ2n) is 8.20. The predicted octanol–water partition coefficient (Wildman–Crippen LogP) is 3.65. The quantitative estimate of drug-likeness (QED) is 0.577. The molecule has 9 heteroatoms. The molecule has 0 saturated carbocycles. The van der Waals surface area contributed by atoms with Crippen molar-refractivity contribution in [3.63, 3.8) is 0 Å².